The second-order valence-electron chi connectivity index (χ2n) is 4.49. The second-order valence-corrected chi connectivity index (χ2v) is 4.49. The van der Waals surface area contributed by atoms with E-state index in [1.54, 1.807) is 6.20 Å². The number of aryl methyl sites for hydroxylation is 1. The summed E-state index contributed by atoms with van der Waals surface area (Å²) in [5, 5.41) is 0. The maximum absolute atomic E-state index is 5.53. The Morgan fingerprint density at radius 2 is 2.21 bits per heavy atom. The number of hydrogen-bond donors (Lipinski definition) is 2. The van der Waals surface area contributed by atoms with Crippen LogP contribution in [0.2, 0.25) is 0 Å². The maximum Gasteiger partial charge on any atom is 0.180 e. The van der Waals surface area contributed by atoms with E-state index in [1.807, 2.05) is 19.1 Å². The molecular formula is C13H15N5O. The van der Waals surface area contributed by atoms with Crippen molar-refractivity contribution in [2.45, 2.75) is 20.0 Å². The number of fused-ring (bicyclic) bond motifs is 1. The highest BCUT2D eigenvalue weighted by Gasteiger charge is 2.18. The van der Waals surface area contributed by atoms with E-state index >= 15 is 0 Å². The monoisotopic (exact) mass is 257 g/mol. The molecule has 0 saturated carbocycles. The van der Waals surface area contributed by atoms with Crippen LogP contribution in [0.15, 0.2) is 18.3 Å². The summed E-state index contributed by atoms with van der Waals surface area (Å²) in [6, 6.07) is 3.90. The Balaban J connectivity index is 2.09. The summed E-state index contributed by atoms with van der Waals surface area (Å²) in [5.74, 6) is 6.73. The van der Waals surface area contributed by atoms with Crippen LogP contribution < -0.4 is 11.3 Å². The Bertz CT molecular complexity index is 579. The van der Waals surface area contributed by atoms with Crippen molar-refractivity contribution in [2.75, 3.05) is 12.0 Å². The van der Waals surface area contributed by atoms with Gasteiger partial charge in [0.05, 0.1) is 18.9 Å². The van der Waals surface area contributed by atoms with Gasteiger partial charge in [-0.15, -0.1) is 0 Å². The Hall–Kier alpha value is -2.05. The third-order valence-corrected chi connectivity index (χ3v) is 3.10. The van der Waals surface area contributed by atoms with Crippen molar-refractivity contribution in [3.05, 3.63) is 35.2 Å². The number of rotatable bonds is 2. The average Bonchev–Trinajstić information content (AvgIpc) is 2.47. The number of nitrogens with zero attached hydrogens (tertiary/aromatic N) is 3. The number of anilines is 1. The van der Waals surface area contributed by atoms with Crippen LogP contribution in [0.5, 0.6) is 0 Å². The molecule has 1 aliphatic heterocycles. The summed E-state index contributed by atoms with van der Waals surface area (Å²) in [5.41, 5.74) is 6.38. The molecule has 3 heterocycles. The SMILES string of the molecule is Cc1ccc(-c2nc3c(c(NN)n2)COCC3)nc1. The van der Waals surface area contributed by atoms with Gasteiger partial charge in [0.25, 0.3) is 0 Å². The van der Waals surface area contributed by atoms with Crippen molar-refractivity contribution in [1.82, 2.24) is 15.0 Å². The second kappa shape index (κ2) is 4.91. The Morgan fingerprint density at radius 1 is 1.32 bits per heavy atom. The topological polar surface area (TPSA) is 86.0 Å². The molecule has 2 aromatic rings. The molecule has 3 N–H and O–H groups in total. The number of pyridine rings is 1. The van der Waals surface area contributed by atoms with E-state index in [4.69, 9.17) is 10.6 Å². The van der Waals surface area contributed by atoms with Crippen LogP contribution in [0, 0.1) is 6.92 Å². The Morgan fingerprint density at radius 3 is 2.95 bits per heavy atom. The van der Waals surface area contributed by atoms with Gasteiger partial charge in [-0.3, -0.25) is 4.98 Å². The van der Waals surface area contributed by atoms with Gasteiger partial charge < -0.3 is 10.2 Å². The summed E-state index contributed by atoms with van der Waals surface area (Å²) in [4.78, 5) is 13.3. The van der Waals surface area contributed by atoms with Crippen molar-refractivity contribution in [3.63, 3.8) is 0 Å². The summed E-state index contributed by atoms with van der Waals surface area (Å²) in [7, 11) is 0. The third-order valence-electron chi connectivity index (χ3n) is 3.10. The van der Waals surface area contributed by atoms with Crippen LogP contribution in [0.3, 0.4) is 0 Å². The molecule has 0 aromatic carbocycles. The fourth-order valence-electron chi connectivity index (χ4n) is 2.07. The van der Waals surface area contributed by atoms with Gasteiger partial charge in [-0.05, 0) is 18.6 Å². The number of hydrogen-bond acceptors (Lipinski definition) is 6. The molecule has 2 aromatic heterocycles. The van der Waals surface area contributed by atoms with Gasteiger partial charge in [-0.2, -0.15) is 0 Å². The van der Waals surface area contributed by atoms with Gasteiger partial charge >= 0.3 is 0 Å². The summed E-state index contributed by atoms with van der Waals surface area (Å²) in [6.07, 6.45) is 2.57. The Labute approximate surface area is 111 Å². The first kappa shape index (κ1) is 12.0. The molecule has 6 nitrogen and oxygen atoms in total. The third kappa shape index (κ3) is 2.27. The minimum atomic E-state index is 0.497. The first-order valence-electron chi connectivity index (χ1n) is 6.15. The number of aromatic nitrogens is 3. The molecule has 0 saturated heterocycles. The highest BCUT2D eigenvalue weighted by atomic mass is 16.5. The minimum Gasteiger partial charge on any atom is -0.376 e. The summed E-state index contributed by atoms with van der Waals surface area (Å²) in [6.45, 7) is 3.17. The highest BCUT2D eigenvalue weighted by molar-refractivity contribution is 5.56. The number of hydrazine groups is 1. The van der Waals surface area contributed by atoms with Gasteiger partial charge in [0.15, 0.2) is 5.82 Å². The standard InChI is InChI=1S/C13H15N5O/c1-8-2-3-11(15-6-8)13-16-10-4-5-19-7-9(10)12(17-13)18-14/h2-3,6H,4-5,7,14H2,1H3,(H,16,17,18). The van der Waals surface area contributed by atoms with Crippen molar-refractivity contribution in [3.8, 4) is 11.5 Å². The average molecular weight is 257 g/mol. The zero-order valence-electron chi connectivity index (χ0n) is 10.7. The molecule has 0 aliphatic carbocycles. The van der Waals surface area contributed by atoms with Gasteiger partial charge in [-0.1, -0.05) is 6.07 Å². The molecule has 0 spiro atoms. The lowest BCUT2D eigenvalue weighted by Crippen LogP contribution is -2.19. The first-order chi connectivity index (χ1) is 9.28. The molecule has 1 aliphatic rings. The Kier molecular flexibility index (Phi) is 3.10. The number of ether oxygens (including phenoxy) is 1. The largest absolute Gasteiger partial charge is 0.376 e. The van der Waals surface area contributed by atoms with E-state index in [0.29, 0.717) is 24.9 Å². The van der Waals surface area contributed by atoms with Crippen molar-refractivity contribution < 1.29 is 4.74 Å². The van der Waals surface area contributed by atoms with Gasteiger partial charge in [0, 0.05) is 18.2 Å². The van der Waals surface area contributed by atoms with Crippen LogP contribution >= 0.6 is 0 Å². The van der Waals surface area contributed by atoms with Gasteiger partial charge in [0.2, 0.25) is 0 Å². The molecule has 0 fully saturated rings. The number of nitrogens with two attached hydrogens (primary N) is 1. The fourth-order valence-corrected chi connectivity index (χ4v) is 2.07. The number of nitrogens with one attached hydrogen (secondary N) is 1. The summed E-state index contributed by atoms with van der Waals surface area (Å²) >= 11 is 0. The molecule has 6 heteroatoms. The zero-order valence-corrected chi connectivity index (χ0v) is 10.7. The predicted octanol–water partition coefficient (Wildman–Crippen LogP) is 1.21. The zero-order chi connectivity index (χ0) is 13.2. The normalized spacial score (nSPS) is 14.0. The van der Waals surface area contributed by atoms with Crippen LogP contribution in [-0.4, -0.2) is 21.6 Å². The molecule has 98 valence electrons. The fraction of sp³-hybridized carbons (Fsp3) is 0.308. The van der Waals surface area contributed by atoms with Crippen LogP contribution in [0.25, 0.3) is 11.5 Å². The van der Waals surface area contributed by atoms with Crippen LogP contribution in [-0.2, 0) is 17.8 Å². The smallest absolute Gasteiger partial charge is 0.180 e. The lowest BCUT2D eigenvalue weighted by Gasteiger charge is -2.18. The highest BCUT2D eigenvalue weighted by Crippen LogP contribution is 2.24. The minimum absolute atomic E-state index is 0.497. The van der Waals surface area contributed by atoms with E-state index in [1.165, 1.54) is 0 Å². The predicted molar refractivity (Wildman–Crippen MR) is 71.2 cm³/mol. The molecule has 0 radical (unpaired) electrons. The van der Waals surface area contributed by atoms with E-state index in [2.05, 4.69) is 20.4 Å². The molecular weight excluding hydrogens is 242 g/mol. The maximum atomic E-state index is 5.53. The van der Waals surface area contributed by atoms with E-state index in [-0.39, 0.29) is 0 Å². The van der Waals surface area contributed by atoms with Gasteiger partial charge in [0.1, 0.15) is 11.5 Å². The van der Waals surface area contributed by atoms with Crippen molar-refractivity contribution in [2.24, 2.45) is 5.84 Å². The van der Waals surface area contributed by atoms with Crippen LogP contribution in [0.1, 0.15) is 16.8 Å². The molecule has 0 atom stereocenters. The quantitative estimate of drug-likeness (QED) is 0.621. The van der Waals surface area contributed by atoms with Crippen molar-refractivity contribution >= 4 is 5.82 Å². The van der Waals surface area contributed by atoms with E-state index < -0.39 is 0 Å². The number of nitrogen functional groups attached to an aromatic ring is 1. The molecule has 0 bridgehead atoms. The first-order valence-corrected chi connectivity index (χ1v) is 6.15. The van der Waals surface area contributed by atoms with Crippen molar-refractivity contribution in [1.29, 1.82) is 0 Å². The van der Waals surface area contributed by atoms with E-state index in [9.17, 15) is 0 Å². The molecule has 19 heavy (non-hydrogen) atoms. The lowest BCUT2D eigenvalue weighted by atomic mass is 10.1. The van der Waals surface area contributed by atoms with Crippen LogP contribution in [0.4, 0.5) is 5.82 Å². The molecule has 3 rings (SSSR count). The lowest BCUT2D eigenvalue weighted by molar-refractivity contribution is 0.109. The van der Waals surface area contributed by atoms with Gasteiger partial charge in [-0.25, -0.2) is 15.8 Å². The molecule has 0 amide bonds. The molecule has 0 unspecified atom stereocenters. The summed E-state index contributed by atoms with van der Waals surface area (Å²) < 4.78 is 5.41. The van der Waals surface area contributed by atoms with E-state index in [0.717, 1.165) is 28.9 Å².